The van der Waals surface area contributed by atoms with E-state index in [4.69, 9.17) is 16.7 Å². The van der Waals surface area contributed by atoms with Crippen LogP contribution in [-0.2, 0) is 0 Å². The van der Waals surface area contributed by atoms with Crippen LogP contribution < -0.4 is 5.32 Å². The molecule has 0 saturated heterocycles. The molecule has 0 aliphatic heterocycles. The van der Waals surface area contributed by atoms with E-state index in [1.807, 2.05) is 0 Å². The average molecular weight is 284 g/mol. The Labute approximate surface area is 117 Å². The minimum Gasteiger partial charge on any atom is -0.478 e. The Kier molecular flexibility index (Phi) is 4.27. The molecular weight excluding hydrogens is 266 g/mol. The molecule has 1 aliphatic carbocycles. The van der Waals surface area contributed by atoms with E-state index in [1.165, 1.54) is 25.0 Å². The smallest absolute Gasteiger partial charge is 0.339 e. The number of rotatable bonds is 6. The maximum atomic E-state index is 11.1. The van der Waals surface area contributed by atoms with Crippen LogP contribution in [0.15, 0.2) is 12.1 Å². The molecule has 2 rings (SSSR count). The van der Waals surface area contributed by atoms with Crippen molar-refractivity contribution in [1.82, 2.24) is 9.88 Å². The standard InChI is InChI=1S/C13H18ClN3O2/c1-8(17(2)9-3-4-9)7-15-12-10(13(18)19)5-6-11(14)16-12/h5-6,8-9H,3-4,7H2,1-2H3,(H,15,16)(H,18,19). The van der Waals surface area contributed by atoms with Crippen LogP contribution in [0.25, 0.3) is 0 Å². The summed E-state index contributed by atoms with van der Waals surface area (Å²) < 4.78 is 0. The number of nitrogens with zero attached hydrogens (tertiary/aromatic N) is 2. The predicted molar refractivity (Wildman–Crippen MR) is 74.9 cm³/mol. The van der Waals surface area contributed by atoms with Gasteiger partial charge in [0.1, 0.15) is 16.5 Å². The lowest BCUT2D eigenvalue weighted by molar-refractivity contribution is 0.0697. The van der Waals surface area contributed by atoms with Crippen molar-refractivity contribution in [2.45, 2.75) is 31.8 Å². The number of aromatic carboxylic acids is 1. The van der Waals surface area contributed by atoms with E-state index in [0.29, 0.717) is 24.4 Å². The maximum Gasteiger partial charge on any atom is 0.339 e. The highest BCUT2D eigenvalue weighted by atomic mass is 35.5. The number of hydrogen-bond donors (Lipinski definition) is 2. The second kappa shape index (κ2) is 5.75. The number of carboxylic acids is 1. The van der Waals surface area contributed by atoms with Gasteiger partial charge in [0.05, 0.1) is 0 Å². The van der Waals surface area contributed by atoms with E-state index in [9.17, 15) is 4.79 Å². The fraction of sp³-hybridized carbons (Fsp3) is 0.538. The Hall–Kier alpha value is -1.33. The van der Waals surface area contributed by atoms with Crippen molar-refractivity contribution in [2.75, 3.05) is 18.9 Å². The Morgan fingerprint density at radius 1 is 1.63 bits per heavy atom. The first kappa shape index (κ1) is 14.1. The van der Waals surface area contributed by atoms with Gasteiger partial charge in [-0.3, -0.25) is 4.90 Å². The molecule has 0 bridgehead atoms. The molecule has 1 fully saturated rings. The van der Waals surface area contributed by atoms with Crippen LogP contribution >= 0.6 is 11.6 Å². The molecule has 0 radical (unpaired) electrons. The number of carboxylic acid groups (broad SMARTS) is 1. The molecule has 1 saturated carbocycles. The molecule has 2 N–H and O–H groups in total. The molecule has 19 heavy (non-hydrogen) atoms. The number of anilines is 1. The van der Waals surface area contributed by atoms with Crippen molar-refractivity contribution < 1.29 is 9.90 Å². The quantitative estimate of drug-likeness (QED) is 0.785. The maximum absolute atomic E-state index is 11.1. The van der Waals surface area contributed by atoms with Crippen LogP contribution in [0, 0.1) is 0 Å². The number of aromatic nitrogens is 1. The van der Waals surface area contributed by atoms with Gasteiger partial charge in [0.25, 0.3) is 0 Å². The zero-order valence-electron chi connectivity index (χ0n) is 11.1. The first-order valence-electron chi connectivity index (χ1n) is 6.34. The summed E-state index contributed by atoms with van der Waals surface area (Å²) in [4.78, 5) is 17.4. The van der Waals surface area contributed by atoms with Crippen LogP contribution in [0.4, 0.5) is 5.82 Å². The second-order valence-corrected chi connectivity index (χ2v) is 5.35. The van der Waals surface area contributed by atoms with Gasteiger partial charge in [-0.05, 0) is 38.9 Å². The van der Waals surface area contributed by atoms with Crippen LogP contribution in [-0.4, -0.2) is 46.6 Å². The minimum atomic E-state index is -1.00. The van der Waals surface area contributed by atoms with Gasteiger partial charge in [0.2, 0.25) is 0 Å². The lowest BCUT2D eigenvalue weighted by Gasteiger charge is -2.25. The Bertz CT molecular complexity index is 477. The highest BCUT2D eigenvalue weighted by Crippen LogP contribution is 2.27. The summed E-state index contributed by atoms with van der Waals surface area (Å²) in [6.45, 7) is 2.75. The average Bonchev–Trinajstić information content (AvgIpc) is 3.18. The SMILES string of the molecule is CC(CNc1nc(Cl)ccc1C(=O)O)N(C)C1CC1. The summed E-state index contributed by atoms with van der Waals surface area (Å²) in [7, 11) is 2.09. The summed E-state index contributed by atoms with van der Waals surface area (Å²) in [6.07, 6.45) is 2.49. The lowest BCUT2D eigenvalue weighted by Crippen LogP contribution is -2.36. The fourth-order valence-electron chi connectivity index (χ4n) is 1.97. The molecule has 1 aromatic rings. The predicted octanol–water partition coefficient (Wildman–Crippen LogP) is 2.33. The van der Waals surface area contributed by atoms with Gasteiger partial charge in [-0.15, -0.1) is 0 Å². The highest BCUT2D eigenvalue weighted by Gasteiger charge is 2.29. The molecule has 0 spiro atoms. The van der Waals surface area contributed by atoms with Crippen LogP contribution in [0.2, 0.25) is 5.15 Å². The van der Waals surface area contributed by atoms with E-state index in [2.05, 4.69) is 29.2 Å². The van der Waals surface area contributed by atoms with E-state index in [0.717, 1.165) is 0 Å². The summed E-state index contributed by atoms with van der Waals surface area (Å²) >= 11 is 5.81. The first-order chi connectivity index (χ1) is 8.99. The second-order valence-electron chi connectivity index (χ2n) is 4.96. The first-order valence-corrected chi connectivity index (χ1v) is 6.72. The normalized spacial score (nSPS) is 16.4. The summed E-state index contributed by atoms with van der Waals surface area (Å²) in [5.41, 5.74) is 0.144. The number of pyridine rings is 1. The van der Waals surface area contributed by atoms with Crippen molar-refractivity contribution >= 4 is 23.4 Å². The van der Waals surface area contributed by atoms with Gasteiger partial charge in [-0.25, -0.2) is 9.78 Å². The van der Waals surface area contributed by atoms with E-state index < -0.39 is 5.97 Å². The molecule has 0 aromatic carbocycles. The van der Waals surface area contributed by atoms with Crippen LogP contribution in [0.5, 0.6) is 0 Å². The molecule has 1 atom stereocenters. The molecule has 1 unspecified atom stereocenters. The Balaban J connectivity index is 2.01. The van der Waals surface area contributed by atoms with E-state index in [-0.39, 0.29) is 10.7 Å². The van der Waals surface area contributed by atoms with Crippen molar-refractivity contribution in [3.8, 4) is 0 Å². The van der Waals surface area contributed by atoms with Crippen molar-refractivity contribution in [3.63, 3.8) is 0 Å². The summed E-state index contributed by atoms with van der Waals surface area (Å²) in [5, 5.41) is 12.5. The van der Waals surface area contributed by atoms with Crippen molar-refractivity contribution in [1.29, 1.82) is 0 Å². The number of nitrogens with one attached hydrogen (secondary N) is 1. The molecule has 104 valence electrons. The monoisotopic (exact) mass is 283 g/mol. The van der Waals surface area contributed by atoms with Gasteiger partial charge in [0, 0.05) is 18.6 Å². The molecule has 1 heterocycles. The Morgan fingerprint density at radius 2 is 2.32 bits per heavy atom. The van der Waals surface area contributed by atoms with Crippen molar-refractivity contribution in [3.05, 3.63) is 22.8 Å². The number of likely N-dealkylation sites (N-methyl/N-ethyl adjacent to an activating group) is 1. The van der Waals surface area contributed by atoms with Gasteiger partial charge < -0.3 is 10.4 Å². The van der Waals surface area contributed by atoms with Crippen molar-refractivity contribution in [2.24, 2.45) is 0 Å². The summed E-state index contributed by atoms with van der Waals surface area (Å²) in [5.74, 6) is -0.675. The van der Waals surface area contributed by atoms with Gasteiger partial charge in [-0.1, -0.05) is 11.6 Å². The third kappa shape index (κ3) is 3.58. The molecule has 0 amide bonds. The van der Waals surface area contributed by atoms with E-state index >= 15 is 0 Å². The minimum absolute atomic E-state index is 0.144. The third-order valence-electron chi connectivity index (χ3n) is 3.47. The highest BCUT2D eigenvalue weighted by molar-refractivity contribution is 6.29. The van der Waals surface area contributed by atoms with Crippen LogP contribution in [0.3, 0.4) is 0 Å². The number of carbonyl (C=O) groups is 1. The fourth-order valence-corrected chi connectivity index (χ4v) is 2.12. The lowest BCUT2D eigenvalue weighted by atomic mass is 10.2. The summed E-state index contributed by atoms with van der Waals surface area (Å²) in [6, 6.07) is 3.93. The third-order valence-corrected chi connectivity index (χ3v) is 3.69. The zero-order chi connectivity index (χ0) is 14.0. The van der Waals surface area contributed by atoms with E-state index in [1.54, 1.807) is 0 Å². The topological polar surface area (TPSA) is 65.5 Å². The van der Waals surface area contributed by atoms with Gasteiger partial charge >= 0.3 is 5.97 Å². The zero-order valence-corrected chi connectivity index (χ0v) is 11.8. The molecule has 1 aliphatic rings. The molecule has 1 aromatic heterocycles. The van der Waals surface area contributed by atoms with Gasteiger partial charge in [0.15, 0.2) is 0 Å². The van der Waals surface area contributed by atoms with Crippen LogP contribution in [0.1, 0.15) is 30.1 Å². The Morgan fingerprint density at radius 3 is 2.89 bits per heavy atom. The number of halogens is 1. The largest absolute Gasteiger partial charge is 0.478 e. The molecular formula is C13H18ClN3O2. The number of hydrogen-bond acceptors (Lipinski definition) is 4. The molecule has 6 heteroatoms. The molecule has 5 nitrogen and oxygen atoms in total. The van der Waals surface area contributed by atoms with Gasteiger partial charge in [-0.2, -0.15) is 0 Å².